The number of benzene rings is 1. The number of aromatic nitrogens is 1. The minimum Gasteiger partial charge on any atom is -0.445 e. The molecule has 0 saturated carbocycles. The summed E-state index contributed by atoms with van der Waals surface area (Å²) >= 11 is 3.19. The normalized spacial score (nSPS) is 13.2. The molecule has 122 valence electrons. The second kappa shape index (κ2) is 8.61. The fourth-order valence-electron chi connectivity index (χ4n) is 1.90. The van der Waals surface area contributed by atoms with Crippen molar-refractivity contribution in [3.63, 3.8) is 0 Å². The highest BCUT2D eigenvalue weighted by atomic mass is 79.9. The van der Waals surface area contributed by atoms with Gasteiger partial charge in [-0.15, -0.1) is 0 Å². The minimum absolute atomic E-state index is 0.130. The maximum absolute atomic E-state index is 11.6. The van der Waals surface area contributed by atoms with E-state index in [0.29, 0.717) is 10.2 Å². The van der Waals surface area contributed by atoms with Crippen LogP contribution in [0.3, 0.4) is 0 Å². The molecular weight excluding hydrogens is 364 g/mol. The standard InChI is InChI=1S/C16H17BrN2O4/c17-14-8-12(6-7-18-14)15(21)13(20)9-19-16(22)23-10-11-4-2-1-3-5-11/h1-8,13,15,20-21H,9-10H2,(H,19,22). The van der Waals surface area contributed by atoms with Crippen LogP contribution in [0.2, 0.25) is 0 Å². The fraction of sp³-hybridized carbons (Fsp3) is 0.250. The number of nitrogens with zero attached hydrogens (tertiary/aromatic N) is 1. The molecule has 7 heteroatoms. The maximum atomic E-state index is 11.6. The van der Waals surface area contributed by atoms with Crippen LogP contribution in [0.5, 0.6) is 0 Å². The number of rotatable bonds is 6. The quantitative estimate of drug-likeness (QED) is 0.667. The molecule has 0 spiro atoms. The van der Waals surface area contributed by atoms with Gasteiger partial charge in [-0.3, -0.25) is 0 Å². The molecule has 6 nitrogen and oxygen atoms in total. The van der Waals surface area contributed by atoms with Crippen LogP contribution < -0.4 is 5.32 Å². The zero-order chi connectivity index (χ0) is 16.7. The van der Waals surface area contributed by atoms with Crippen LogP contribution >= 0.6 is 15.9 Å². The first kappa shape index (κ1) is 17.4. The Kier molecular flexibility index (Phi) is 6.52. The Balaban J connectivity index is 1.77. The van der Waals surface area contributed by atoms with Crippen molar-refractivity contribution < 1.29 is 19.7 Å². The number of halogens is 1. The van der Waals surface area contributed by atoms with E-state index in [-0.39, 0.29) is 13.2 Å². The monoisotopic (exact) mass is 380 g/mol. The minimum atomic E-state index is -1.16. The topological polar surface area (TPSA) is 91.7 Å². The summed E-state index contributed by atoms with van der Waals surface area (Å²) in [6.45, 7) is 0.0113. The number of carbonyl (C=O) groups is 1. The molecule has 1 aromatic heterocycles. The molecule has 1 aromatic carbocycles. The number of pyridine rings is 1. The average molecular weight is 381 g/mol. The third-order valence-electron chi connectivity index (χ3n) is 3.12. The lowest BCUT2D eigenvalue weighted by molar-refractivity contribution is 0.0183. The summed E-state index contributed by atoms with van der Waals surface area (Å²) in [5.74, 6) is 0. The van der Waals surface area contributed by atoms with E-state index in [2.05, 4.69) is 26.2 Å². The number of aliphatic hydroxyl groups is 2. The highest BCUT2D eigenvalue weighted by molar-refractivity contribution is 9.10. The van der Waals surface area contributed by atoms with Gasteiger partial charge in [0.25, 0.3) is 0 Å². The van der Waals surface area contributed by atoms with Gasteiger partial charge in [-0.1, -0.05) is 30.3 Å². The van der Waals surface area contributed by atoms with Crippen molar-refractivity contribution in [1.82, 2.24) is 10.3 Å². The van der Waals surface area contributed by atoms with Crippen LogP contribution in [-0.4, -0.2) is 33.9 Å². The number of amides is 1. The van der Waals surface area contributed by atoms with E-state index in [9.17, 15) is 15.0 Å². The van der Waals surface area contributed by atoms with Gasteiger partial charge < -0.3 is 20.3 Å². The van der Waals surface area contributed by atoms with E-state index >= 15 is 0 Å². The van der Waals surface area contributed by atoms with Gasteiger partial charge in [-0.25, -0.2) is 9.78 Å². The van der Waals surface area contributed by atoms with Crippen molar-refractivity contribution in [1.29, 1.82) is 0 Å². The zero-order valence-electron chi connectivity index (χ0n) is 12.2. The molecule has 3 N–H and O–H groups in total. The third kappa shape index (κ3) is 5.63. The molecule has 0 radical (unpaired) electrons. The molecule has 2 unspecified atom stereocenters. The van der Waals surface area contributed by atoms with Gasteiger partial charge in [0, 0.05) is 12.7 Å². The highest BCUT2D eigenvalue weighted by Gasteiger charge is 2.19. The lowest BCUT2D eigenvalue weighted by atomic mass is 10.1. The predicted octanol–water partition coefficient (Wildman–Crippen LogP) is 2.16. The first-order chi connectivity index (χ1) is 11.1. The van der Waals surface area contributed by atoms with Crippen LogP contribution in [-0.2, 0) is 11.3 Å². The molecule has 0 aliphatic rings. The molecule has 1 amide bonds. The molecule has 23 heavy (non-hydrogen) atoms. The molecular formula is C16H17BrN2O4. The Bertz CT molecular complexity index is 639. The van der Waals surface area contributed by atoms with Gasteiger partial charge in [0.05, 0.1) is 0 Å². The van der Waals surface area contributed by atoms with Crippen molar-refractivity contribution in [3.8, 4) is 0 Å². The van der Waals surface area contributed by atoms with E-state index in [1.165, 1.54) is 6.20 Å². The van der Waals surface area contributed by atoms with E-state index < -0.39 is 18.3 Å². The number of hydrogen-bond acceptors (Lipinski definition) is 5. The maximum Gasteiger partial charge on any atom is 0.407 e. The van der Waals surface area contributed by atoms with Crippen molar-refractivity contribution in [3.05, 3.63) is 64.4 Å². The molecule has 0 bridgehead atoms. The summed E-state index contributed by atoms with van der Waals surface area (Å²) in [7, 11) is 0. The largest absolute Gasteiger partial charge is 0.445 e. The van der Waals surface area contributed by atoms with Crippen LogP contribution in [0.25, 0.3) is 0 Å². The third-order valence-corrected chi connectivity index (χ3v) is 3.56. The average Bonchev–Trinajstić information content (AvgIpc) is 2.58. The van der Waals surface area contributed by atoms with E-state index in [1.54, 1.807) is 12.1 Å². The number of alkyl carbamates (subject to hydrolysis) is 1. The molecule has 2 atom stereocenters. The van der Waals surface area contributed by atoms with Gasteiger partial charge in [-0.2, -0.15) is 0 Å². The Morgan fingerprint density at radius 1 is 1.26 bits per heavy atom. The number of ether oxygens (including phenoxy) is 1. The van der Waals surface area contributed by atoms with Crippen LogP contribution in [0.1, 0.15) is 17.2 Å². The fourth-order valence-corrected chi connectivity index (χ4v) is 2.28. The first-order valence-electron chi connectivity index (χ1n) is 6.98. The van der Waals surface area contributed by atoms with Crippen LogP contribution in [0.4, 0.5) is 4.79 Å². The smallest absolute Gasteiger partial charge is 0.407 e. The molecule has 0 saturated heterocycles. The van der Waals surface area contributed by atoms with Gasteiger partial charge >= 0.3 is 6.09 Å². The molecule has 0 fully saturated rings. The Morgan fingerprint density at radius 2 is 2.00 bits per heavy atom. The van der Waals surface area contributed by atoms with Gasteiger partial charge in [0.2, 0.25) is 0 Å². The summed E-state index contributed by atoms with van der Waals surface area (Å²) in [4.78, 5) is 15.5. The molecule has 0 aliphatic heterocycles. The molecule has 2 aromatic rings. The summed E-state index contributed by atoms with van der Waals surface area (Å²) in [6.07, 6.45) is -1.44. The summed E-state index contributed by atoms with van der Waals surface area (Å²) < 4.78 is 5.58. The lowest BCUT2D eigenvalue weighted by Crippen LogP contribution is -2.35. The first-order valence-corrected chi connectivity index (χ1v) is 7.77. The highest BCUT2D eigenvalue weighted by Crippen LogP contribution is 2.19. The summed E-state index contributed by atoms with van der Waals surface area (Å²) in [5, 5.41) is 22.4. The van der Waals surface area contributed by atoms with Gasteiger partial charge in [0.15, 0.2) is 0 Å². The second-order valence-corrected chi connectivity index (χ2v) is 5.68. The summed E-state index contributed by atoms with van der Waals surface area (Å²) in [5.41, 5.74) is 1.36. The Labute approximate surface area is 142 Å². The van der Waals surface area contributed by atoms with E-state index in [4.69, 9.17) is 4.74 Å². The number of hydrogen-bond donors (Lipinski definition) is 3. The molecule has 2 rings (SSSR count). The van der Waals surface area contributed by atoms with Crippen LogP contribution in [0, 0.1) is 0 Å². The van der Waals surface area contributed by atoms with Crippen molar-refractivity contribution in [2.45, 2.75) is 18.8 Å². The van der Waals surface area contributed by atoms with Crippen LogP contribution in [0.15, 0.2) is 53.3 Å². The zero-order valence-corrected chi connectivity index (χ0v) is 13.8. The number of aliphatic hydroxyl groups excluding tert-OH is 2. The van der Waals surface area contributed by atoms with Crippen molar-refractivity contribution >= 4 is 22.0 Å². The molecule has 1 heterocycles. The van der Waals surface area contributed by atoms with E-state index in [0.717, 1.165) is 5.56 Å². The number of carbonyl (C=O) groups excluding carboxylic acids is 1. The Morgan fingerprint density at radius 3 is 2.70 bits per heavy atom. The lowest BCUT2D eigenvalue weighted by Gasteiger charge is -2.18. The van der Waals surface area contributed by atoms with Crippen molar-refractivity contribution in [2.24, 2.45) is 0 Å². The second-order valence-electron chi connectivity index (χ2n) is 4.87. The molecule has 0 aliphatic carbocycles. The predicted molar refractivity (Wildman–Crippen MR) is 87.5 cm³/mol. The SMILES string of the molecule is O=C(NCC(O)C(O)c1ccnc(Br)c1)OCc1ccccc1. The van der Waals surface area contributed by atoms with Crippen molar-refractivity contribution in [2.75, 3.05) is 6.54 Å². The van der Waals surface area contributed by atoms with Gasteiger partial charge in [0.1, 0.15) is 23.4 Å². The van der Waals surface area contributed by atoms with Gasteiger partial charge in [-0.05, 0) is 39.2 Å². The summed E-state index contributed by atoms with van der Waals surface area (Å²) in [6, 6.07) is 12.4. The number of nitrogens with one attached hydrogen (secondary N) is 1. The van der Waals surface area contributed by atoms with E-state index in [1.807, 2.05) is 30.3 Å². The Hall–Kier alpha value is -1.96.